The van der Waals surface area contributed by atoms with Crippen molar-refractivity contribution in [1.29, 1.82) is 5.41 Å². The number of rotatable bonds is 6. The molecule has 0 aromatic heterocycles. The number of Topliss-reactive ketones (excluding diaryl/α,β-unsaturated/α-hetero) is 1. The molecule has 2 aromatic rings. The van der Waals surface area contributed by atoms with Gasteiger partial charge in [-0.15, -0.1) is 0 Å². The van der Waals surface area contributed by atoms with Crippen LogP contribution in [0.4, 0.5) is 0 Å². The molecule has 130 valence electrons. The minimum absolute atomic E-state index is 0.0599. The van der Waals surface area contributed by atoms with Gasteiger partial charge in [0.2, 0.25) is 0 Å². The first-order chi connectivity index (χ1) is 11.9. The summed E-state index contributed by atoms with van der Waals surface area (Å²) in [6.45, 7) is 0. The highest BCUT2D eigenvalue weighted by Gasteiger charge is 2.25. The summed E-state index contributed by atoms with van der Waals surface area (Å²) in [4.78, 5) is 23.6. The van der Waals surface area contributed by atoms with Crippen molar-refractivity contribution in [2.24, 2.45) is 0 Å². The molecule has 0 radical (unpaired) electrons. The van der Waals surface area contributed by atoms with E-state index in [9.17, 15) is 9.59 Å². The van der Waals surface area contributed by atoms with Gasteiger partial charge in [-0.1, -0.05) is 58.9 Å². The topological polar surface area (TPSA) is 78.2 Å². The Kier molecular flexibility index (Phi) is 7.38. The van der Waals surface area contributed by atoms with E-state index in [1.54, 1.807) is 48.5 Å². The van der Waals surface area contributed by atoms with E-state index in [0.717, 1.165) is 23.5 Å². The van der Waals surface area contributed by atoms with E-state index in [1.807, 2.05) is 0 Å². The SMILES string of the molecule is N=C(SCC(=O)O)S[C@H](C(=O)c1ccc(Cl)cc1)c1ccc(Cl)cc1. The summed E-state index contributed by atoms with van der Waals surface area (Å²) in [5, 5.41) is 17.1. The molecular weight excluding hydrogens is 401 g/mol. The minimum atomic E-state index is -1.01. The summed E-state index contributed by atoms with van der Waals surface area (Å²) in [6, 6.07) is 13.3. The predicted octanol–water partition coefficient (Wildman–Crippen LogP) is 5.40. The minimum Gasteiger partial charge on any atom is -0.481 e. The normalized spacial score (nSPS) is 11.8. The Morgan fingerprint density at radius 2 is 1.52 bits per heavy atom. The van der Waals surface area contributed by atoms with Crippen molar-refractivity contribution in [1.82, 2.24) is 0 Å². The first kappa shape index (κ1) is 19.8. The lowest BCUT2D eigenvalue weighted by Crippen LogP contribution is -2.12. The molecule has 0 amide bonds. The van der Waals surface area contributed by atoms with Crippen LogP contribution in [-0.4, -0.2) is 27.0 Å². The van der Waals surface area contributed by atoms with E-state index in [2.05, 4.69) is 0 Å². The predicted molar refractivity (Wildman–Crippen MR) is 105 cm³/mol. The van der Waals surface area contributed by atoms with E-state index >= 15 is 0 Å². The Morgan fingerprint density at radius 3 is 2.04 bits per heavy atom. The fraction of sp³-hybridized carbons (Fsp3) is 0.118. The Balaban J connectivity index is 2.26. The van der Waals surface area contributed by atoms with Crippen molar-refractivity contribution in [2.75, 3.05) is 5.75 Å². The molecule has 0 aliphatic rings. The molecule has 0 heterocycles. The molecule has 0 aliphatic carbocycles. The second-order valence-electron chi connectivity index (χ2n) is 4.89. The van der Waals surface area contributed by atoms with Gasteiger partial charge in [-0.25, -0.2) is 0 Å². The quantitative estimate of drug-likeness (QED) is 0.376. The molecule has 0 spiro atoms. The van der Waals surface area contributed by atoms with Crippen molar-refractivity contribution >= 4 is 62.9 Å². The summed E-state index contributed by atoms with van der Waals surface area (Å²) in [5.74, 6) is -1.43. The molecule has 0 aliphatic heterocycles. The fourth-order valence-corrected chi connectivity index (χ4v) is 3.94. The maximum Gasteiger partial charge on any atom is 0.313 e. The Bertz CT molecular complexity index is 779. The number of aliphatic carboxylic acids is 1. The monoisotopic (exact) mass is 413 g/mol. The van der Waals surface area contributed by atoms with Crippen molar-refractivity contribution in [3.05, 3.63) is 69.7 Å². The highest BCUT2D eigenvalue weighted by Crippen LogP contribution is 2.36. The molecule has 0 unspecified atom stereocenters. The van der Waals surface area contributed by atoms with Gasteiger partial charge in [0.15, 0.2) is 5.78 Å². The van der Waals surface area contributed by atoms with E-state index in [4.69, 9.17) is 33.7 Å². The van der Waals surface area contributed by atoms with Gasteiger partial charge < -0.3 is 5.11 Å². The van der Waals surface area contributed by atoms with Gasteiger partial charge in [-0.3, -0.25) is 15.0 Å². The molecule has 0 bridgehead atoms. The maximum absolute atomic E-state index is 12.9. The number of carboxylic acid groups (broad SMARTS) is 1. The molecule has 0 saturated carbocycles. The molecule has 4 nitrogen and oxygen atoms in total. The smallest absolute Gasteiger partial charge is 0.313 e. The standard InChI is InChI=1S/C17H13Cl2NO3S2/c18-12-5-1-10(2-6-12)15(23)16(11-3-7-13(19)8-4-11)25-17(20)24-9-14(21)22/h1-8,16,20H,9H2,(H,21,22)/t16-/m0/s1. The summed E-state index contributed by atoms with van der Waals surface area (Å²) in [6.07, 6.45) is 0. The van der Waals surface area contributed by atoms with Gasteiger partial charge >= 0.3 is 5.97 Å². The number of nitrogens with one attached hydrogen (secondary N) is 1. The first-order valence-electron chi connectivity index (χ1n) is 7.02. The zero-order valence-corrected chi connectivity index (χ0v) is 15.9. The Morgan fingerprint density at radius 1 is 1.00 bits per heavy atom. The molecule has 25 heavy (non-hydrogen) atoms. The molecule has 2 aromatic carbocycles. The van der Waals surface area contributed by atoms with Crippen LogP contribution in [-0.2, 0) is 4.79 Å². The van der Waals surface area contributed by atoms with Crippen LogP contribution < -0.4 is 0 Å². The van der Waals surface area contributed by atoms with Crippen LogP contribution in [0.5, 0.6) is 0 Å². The Labute approximate surface area is 163 Å². The number of hydrogen-bond acceptors (Lipinski definition) is 5. The maximum atomic E-state index is 12.9. The average molecular weight is 414 g/mol. The molecule has 2 N–H and O–H groups in total. The van der Waals surface area contributed by atoms with Crippen LogP contribution in [0.15, 0.2) is 48.5 Å². The van der Waals surface area contributed by atoms with Gasteiger partial charge in [-0.05, 0) is 42.0 Å². The average Bonchev–Trinajstić information content (AvgIpc) is 2.59. The van der Waals surface area contributed by atoms with Crippen molar-refractivity contribution in [2.45, 2.75) is 5.25 Å². The van der Waals surface area contributed by atoms with Crippen LogP contribution in [0.1, 0.15) is 21.2 Å². The highest BCUT2D eigenvalue weighted by atomic mass is 35.5. The van der Waals surface area contributed by atoms with E-state index in [-0.39, 0.29) is 15.9 Å². The van der Waals surface area contributed by atoms with Gasteiger partial charge in [0, 0.05) is 15.6 Å². The zero-order chi connectivity index (χ0) is 18.4. The third-order valence-corrected chi connectivity index (χ3v) is 5.83. The Hall–Kier alpha value is -1.47. The van der Waals surface area contributed by atoms with E-state index in [1.165, 1.54) is 0 Å². The molecular formula is C17H13Cl2NO3S2. The van der Waals surface area contributed by atoms with E-state index in [0.29, 0.717) is 21.2 Å². The summed E-state index contributed by atoms with van der Waals surface area (Å²) in [5.41, 5.74) is 1.16. The van der Waals surface area contributed by atoms with Crippen LogP contribution in [0.3, 0.4) is 0 Å². The second kappa shape index (κ2) is 9.29. The lowest BCUT2D eigenvalue weighted by molar-refractivity contribution is -0.133. The third kappa shape index (κ3) is 6.08. The lowest BCUT2D eigenvalue weighted by Gasteiger charge is -2.16. The van der Waals surface area contributed by atoms with Gasteiger partial charge in [-0.2, -0.15) is 0 Å². The third-order valence-electron chi connectivity index (χ3n) is 3.09. The van der Waals surface area contributed by atoms with Gasteiger partial charge in [0.05, 0.1) is 11.0 Å². The van der Waals surface area contributed by atoms with Gasteiger partial charge in [0.1, 0.15) is 4.38 Å². The number of thioether (sulfide) groups is 2. The molecule has 8 heteroatoms. The van der Waals surface area contributed by atoms with Crippen LogP contribution in [0.2, 0.25) is 10.0 Å². The molecule has 0 fully saturated rings. The number of carboxylic acids is 1. The summed E-state index contributed by atoms with van der Waals surface area (Å²) >= 11 is 13.6. The largest absolute Gasteiger partial charge is 0.481 e. The molecule has 1 atom stereocenters. The van der Waals surface area contributed by atoms with Crippen molar-refractivity contribution in [3.63, 3.8) is 0 Å². The summed E-state index contributed by atoms with van der Waals surface area (Å²) < 4.78 is 0.0599. The van der Waals surface area contributed by atoms with Crippen molar-refractivity contribution < 1.29 is 14.7 Å². The zero-order valence-electron chi connectivity index (χ0n) is 12.7. The molecule has 2 rings (SSSR count). The van der Waals surface area contributed by atoms with Crippen LogP contribution in [0, 0.1) is 5.41 Å². The van der Waals surface area contributed by atoms with Crippen LogP contribution in [0.25, 0.3) is 0 Å². The number of carbonyl (C=O) groups excluding carboxylic acids is 1. The fourth-order valence-electron chi connectivity index (χ4n) is 1.94. The lowest BCUT2D eigenvalue weighted by atomic mass is 10.0. The first-order valence-corrected chi connectivity index (χ1v) is 9.64. The van der Waals surface area contributed by atoms with E-state index < -0.39 is 11.2 Å². The number of benzene rings is 2. The summed E-state index contributed by atoms with van der Waals surface area (Å²) in [7, 11) is 0. The number of carbonyl (C=O) groups is 2. The highest BCUT2D eigenvalue weighted by molar-refractivity contribution is 8.39. The van der Waals surface area contributed by atoms with Gasteiger partial charge in [0.25, 0.3) is 0 Å². The van der Waals surface area contributed by atoms with Crippen molar-refractivity contribution in [3.8, 4) is 0 Å². The second-order valence-corrected chi connectivity index (χ2v) is 8.12. The number of ketones is 1. The number of hydrogen-bond donors (Lipinski definition) is 2. The van der Waals surface area contributed by atoms with Crippen LogP contribution >= 0.6 is 46.7 Å². The molecule has 0 saturated heterocycles. The number of halogens is 2.